The summed E-state index contributed by atoms with van der Waals surface area (Å²) in [6, 6.07) is 13.7. The monoisotopic (exact) mass is 315 g/mol. The smallest absolute Gasteiger partial charge is 0.336 e. The van der Waals surface area contributed by atoms with Gasteiger partial charge in [-0.3, -0.25) is 4.79 Å². The average Bonchev–Trinajstić information content (AvgIpc) is 2.46. The number of anilines is 1. The fourth-order valence-corrected chi connectivity index (χ4v) is 1.85. The van der Waals surface area contributed by atoms with Crippen molar-refractivity contribution in [1.29, 1.82) is 0 Å². The number of halogens is 1. The van der Waals surface area contributed by atoms with Crippen LogP contribution in [-0.4, -0.2) is 11.9 Å². The highest BCUT2D eigenvalue weighted by atomic mass is 35.5. The summed E-state index contributed by atoms with van der Waals surface area (Å²) in [4.78, 5) is 22.8. The van der Waals surface area contributed by atoms with Crippen LogP contribution in [0.3, 0.4) is 0 Å². The van der Waals surface area contributed by atoms with Gasteiger partial charge in [-0.25, -0.2) is 4.79 Å². The Morgan fingerprint density at radius 2 is 1.86 bits per heavy atom. The zero-order chi connectivity index (χ0) is 15.9. The fraction of sp³-hybridized carbons (Fsp3) is 0.0588. The van der Waals surface area contributed by atoms with Crippen LogP contribution < -0.4 is 10.1 Å². The average molecular weight is 316 g/mol. The molecule has 0 aliphatic carbocycles. The molecule has 0 aromatic heterocycles. The highest BCUT2D eigenvalue weighted by Crippen LogP contribution is 2.18. The largest absolute Gasteiger partial charge is 0.423 e. The van der Waals surface area contributed by atoms with Crippen LogP contribution in [0.2, 0.25) is 5.02 Å². The number of benzene rings is 2. The van der Waals surface area contributed by atoms with Gasteiger partial charge in [0.25, 0.3) is 0 Å². The Hall–Kier alpha value is -2.59. The minimum absolute atomic E-state index is 0.189. The lowest BCUT2D eigenvalue weighted by Crippen LogP contribution is -2.07. The topological polar surface area (TPSA) is 55.4 Å². The molecule has 22 heavy (non-hydrogen) atoms. The van der Waals surface area contributed by atoms with Crippen molar-refractivity contribution in [2.75, 3.05) is 5.32 Å². The zero-order valence-electron chi connectivity index (χ0n) is 11.9. The van der Waals surface area contributed by atoms with E-state index in [2.05, 4.69) is 5.32 Å². The summed E-state index contributed by atoms with van der Waals surface area (Å²) in [5.74, 6) is -0.335. The standard InChI is InChI=1S/C17H14ClNO3/c1-12(20)19-15-3-2-4-16(11-15)22-17(21)10-7-13-5-8-14(18)9-6-13/h2-11H,1H3,(H,19,20). The fourth-order valence-electron chi connectivity index (χ4n) is 1.73. The molecular formula is C17H14ClNO3. The maximum atomic E-state index is 11.8. The first-order chi connectivity index (χ1) is 10.5. The van der Waals surface area contributed by atoms with Gasteiger partial charge in [-0.05, 0) is 35.9 Å². The molecule has 0 saturated heterocycles. The van der Waals surface area contributed by atoms with Crippen LogP contribution in [0.4, 0.5) is 5.69 Å². The first-order valence-electron chi connectivity index (χ1n) is 6.56. The number of esters is 1. The molecule has 112 valence electrons. The van der Waals surface area contributed by atoms with Crippen LogP contribution in [-0.2, 0) is 9.59 Å². The predicted octanol–water partition coefficient (Wildman–Crippen LogP) is 3.92. The van der Waals surface area contributed by atoms with Crippen LogP contribution in [0.15, 0.2) is 54.6 Å². The molecule has 5 heteroatoms. The highest BCUT2D eigenvalue weighted by molar-refractivity contribution is 6.30. The summed E-state index contributed by atoms with van der Waals surface area (Å²) < 4.78 is 5.18. The molecule has 0 heterocycles. The third-order valence-corrected chi connectivity index (χ3v) is 2.91. The number of carbonyl (C=O) groups excluding carboxylic acids is 2. The summed E-state index contributed by atoms with van der Waals surface area (Å²) in [6.07, 6.45) is 2.96. The maximum Gasteiger partial charge on any atom is 0.336 e. The third kappa shape index (κ3) is 5.07. The van der Waals surface area contributed by atoms with Gasteiger partial charge in [0.1, 0.15) is 5.75 Å². The summed E-state index contributed by atoms with van der Waals surface area (Å²) in [5, 5.41) is 3.25. The molecular weight excluding hydrogens is 302 g/mol. The van der Waals surface area contributed by atoms with Crippen LogP contribution in [0.5, 0.6) is 5.75 Å². The number of nitrogens with one attached hydrogen (secondary N) is 1. The lowest BCUT2D eigenvalue weighted by Gasteiger charge is -2.05. The molecule has 0 aliphatic rings. The van der Waals surface area contributed by atoms with Gasteiger partial charge in [0.15, 0.2) is 0 Å². The van der Waals surface area contributed by atoms with Gasteiger partial charge in [-0.2, -0.15) is 0 Å². The Morgan fingerprint density at radius 1 is 1.14 bits per heavy atom. The van der Waals surface area contributed by atoms with Gasteiger partial charge < -0.3 is 10.1 Å². The van der Waals surface area contributed by atoms with E-state index in [1.807, 2.05) is 0 Å². The predicted molar refractivity (Wildman–Crippen MR) is 86.9 cm³/mol. The lowest BCUT2D eigenvalue weighted by atomic mass is 10.2. The van der Waals surface area contributed by atoms with Crippen LogP contribution in [0, 0.1) is 0 Å². The number of hydrogen-bond acceptors (Lipinski definition) is 3. The molecule has 4 nitrogen and oxygen atoms in total. The second-order valence-corrected chi connectivity index (χ2v) is 4.95. The third-order valence-electron chi connectivity index (χ3n) is 2.65. The molecule has 2 aromatic carbocycles. The number of amides is 1. The quantitative estimate of drug-likeness (QED) is 0.528. The van der Waals surface area contributed by atoms with E-state index >= 15 is 0 Å². The summed E-state index contributed by atoms with van der Waals surface area (Å²) in [5.41, 5.74) is 1.41. The Labute approximate surface area is 133 Å². The van der Waals surface area contributed by atoms with Crippen molar-refractivity contribution >= 4 is 35.2 Å². The molecule has 1 N–H and O–H groups in total. The van der Waals surface area contributed by atoms with Gasteiger partial charge in [0.05, 0.1) is 0 Å². The van der Waals surface area contributed by atoms with Crippen molar-refractivity contribution in [3.8, 4) is 5.75 Å². The molecule has 0 fully saturated rings. The van der Waals surface area contributed by atoms with Gasteiger partial charge >= 0.3 is 5.97 Å². The molecule has 2 aromatic rings. The van der Waals surface area contributed by atoms with E-state index < -0.39 is 5.97 Å². The van der Waals surface area contributed by atoms with E-state index in [-0.39, 0.29) is 5.91 Å². The number of ether oxygens (including phenoxy) is 1. The molecule has 0 atom stereocenters. The van der Waals surface area contributed by atoms with E-state index in [9.17, 15) is 9.59 Å². The van der Waals surface area contributed by atoms with Gasteiger partial charge in [-0.15, -0.1) is 0 Å². The highest BCUT2D eigenvalue weighted by Gasteiger charge is 2.02. The summed E-state index contributed by atoms with van der Waals surface area (Å²) in [6.45, 7) is 1.41. The molecule has 1 amide bonds. The van der Waals surface area contributed by atoms with Crippen molar-refractivity contribution in [2.24, 2.45) is 0 Å². The summed E-state index contributed by atoms with van der Waals surface area (Å²) in [7, 11) is 0. The van der Waals surface area contributed by atoms with Crippen molar-refractivity contribution in [3.63, 3.8) is 0 Å². The van der Waals surface area contributed by atoms with E-state index in [0.29, 0.717) is 16.5 Å². The van der Waals surface area contributed by atoms with E-state index in [0.717, 1.165) is 5.56 Å². The van der Waals surface area contributed by atoms with E-state index in [1.54, 1.807) is 54.6 Å². The number of carbonyl (C=O) groups is 2. The second kappa shape index (κ2) is 7.43. The van der Waals surface area contributed by atoms with E-state index in [1.165, 1.54) is 13.0 Å². The van der Waals surface area contributed by atoms with Gasteiger partial charge in [0.2, 0.25) is 5.91 Å². The molecule has 0 saturated carbocycles. The second-order valence-electron chi connectivity index (χ2n) is 4.52. The normalized spacial score (nSPS) is 10.5. The SMILES string of the molecule is CC(=O)Nc1cccc(OC(=O)C=Cc2ccc(Cl)cc2)c1. The molecule has 0 aliphatic heterocycles. The van der Waals surface area contributed by atoms with Crippen molar-refractivity contribution in [2.45, 2.75) is 6.92 Å². The Morgan fingerprint density at radius 3 is 2.55 bits per heavy atom. The molecule has 0 spiro atoms. The van der Waals surface area contributed by atoms with Gasteiger partial charge in [-0.1, -0.05) is 29.8 Å². The first kappa shape index (κ1) is 15.8. The molecule has 0 radical (unpaired) electrons. The zero-order valence-corrected chi connectivity index (χ0v) is 12.6. The van der Waals surface area contributed by atoms with Crippen LogP contribution >= 0.6 is 11.6 Å². The van der Waals surface area contributed by atoms with E-state index in [4.69, 9.17) is 16.3 Å². The van der Waals surface area contributed by atoms with Crippen LogP contribution in [0.25, 0.3) is 6.08 Å². The summed E-state index contributed by atoms with van der Waals surface area (Å²) >= 11 is 5.79. The Kier molecular flexibility index (Phi) is 5.33. The molecule has 2 rings (SSSR count). The molecule has 0 bridgehead atoms. The van der Waals surface area contributed by atoms with Crippen LogP contribution in [0.1, 0.15) is 12.5 Å². The number of rotatable bonds is 4. The molecule has 0 unspecified atom stereocenters. The van der Waals surface area contributed by atoms with Crippen molar-refractivity contribution in [1.82, 2.24) is 0 Å². The maximum absolute atomic E-state index is 11.8. The lowest BCUT2D eigenvalue weighted by molar-refractivity contribution is -0.128. The Balaban J connectivity index is 1.99. The van der Waals surface area contributed by atoms with Crippen molar-refractivity contribution < 1.29 is 14.3 Å². The van der Waals surface area contributed by atoms with Crippen molar-refractivity contribution in [3.05, 3.63) is 65.2 Å². The number of hydrogen-bond donors (Lipinski definition) is 1. The Bertz CT molecular complexity index is 708. The first-order valence-corrected chi connectivity index (χ1v) is 6.94. The minimum Gasteiger partial charge on any atom is -0.423 e. The minimum atomic E-state index is -0.505. The van der Waals surface area contributed by atoms with Gasteiger partial charge in [0, 0.05) is 29.8 Å².